The van der Waals surface area contributed by atoms with Crippen LogP contribution in [0.25, 0.3) is 0 Å². The minimum Gasteiger partial charge on any atom is -0.444 e. The fraction of sp³-hybridized carbons (Fsp3) is 0.458. The van der Waals surface area contributed by atoms with Crippen molar-refractivity contribution in [2.24, 2.45) is 0 Å². The Morgan fingerprint density at radius 1 is 1.13 bits per heavy atom. The van der Waals surface area contributed by atoms with Gasteiger partial charge in [0.1, 0.15) is 5.60 Å². The third-order valence-electron chi connectivity index (χ3n) is 5.39. The van der Waals surface area contributed by atoms with E-state index in [0.29, 0.717) is 32.0 Å². The number of piperidine rings is 1. The first-order chi connectivity index (χ1) is 14.2. The predicted octanol–water partition coefficient (Wildman–Crippen LogP) is 5.52. The number of nitrogen functional groups attached to an aromatic ring is 1. The number of benzene rings is 2. The maximum Gasteiger partial charge on any atom is 0.410 e. The summed E-state index contributed by atoms with van der Waals surface area (Å²) < 4.78 is 12.7. The van der Waals surface area contributed by atoms with Gasteiger partial charge in [0.15, 0.2) is 0 Å². The second-order valence-corrected chi connectivity index (χ2v) is 9.92. The fourth-order valence-corrected chi connectivity index (χ4v) is 4.43. The van der Waals surface area contributed by atoms with Crippen molar-refractivity contribution in [1.82, 2.24) is 4.90 Å². The fourth-order valence-electron chi connectivity index (χ4n) is 3.87. The van der Waals surface area contributed by atoms with Crippen LogP contribution < -0.4 is 5.73 Å². The Bertz CT molecular complexity index is 836. The molecule has 1 fully saturated rings. The molecule has 5 nitrogen and oxygen atoms in total. The van der Waals surface area contributed by atoms with Crippen molar-refractivity contribution in [2.75, 3.05) is 25.4 Å². The lowest BCUT2D eigenvalue weighted by Crippen LogP contribution is -2.48. The molecule has 162 valence electrons. The van der Waals surface area contributed by atoms with Crippen molar-refractivity contribution >= 4 is 27.7 Å². The van der Waals surface area contributed by atoms with E-state index in [-0.39, 0.29) is 11.5 Å². The maximum absolute atomic E-state index is 12.5. The van der Waals surface area contributed by atoms with Gasteiger partial charge in [-0.2, -0.15) is 0 Å². The van der Waals surface area contributed by atoms with E-state index in [0.717, 1.165) is 22.9 Å². The second-order valence-electron chi connectivity index (χ2n) is 9.00. The number of nitrogens with two attached hydrogens (primary N) is 1. The number of halogens is 1. The monoisotopic (exact) mass is 474 g/mol. The summed E-state index contributed by atoms with van der Waals surface area (Å²) in [6, 6.07) is 16.3. The molecular weight excluding hydrogens is 444 g/mol. The van der Waals surface area contributed by atoms with Crippen LogP contribution in [0.4, 0.5) is 10.5 Å². The van der Waals surface area contributed by atoms with Crippen LogP contribution in [0, 0.1) is 0 Å². The Balaban J connectivity index is 1.68. The minimum absolute atomic E-state index is 0.128. The van der Waals surface area contributed by atoms with Gasteiger partial charge in [0.05, 0.1) is 13.2 Å². The molecule has 1 amide bonds. The molecule has 1 heterocycles. The number of rotatable bonds is 5. The maximum atomic E-state index is 12.5. The Kier molecular flexibility index (Phi) is 7.09. The van der Waals surface area contributed by atoms with Crippen LogP contribution in [-0.2, 0) is 21.5 Å². The van der Waals surface area contributed by atoms with Gasteiger partial charge in [0.2, 0.25) is 0 Å². The minimum atomic E-state index is -0.486. The molecule has 0 aromatic heterocycles. The van der Waals surface area contributed by atoms with Crippen LogP contribution in [0.1, 0.15) is 44.7 Å². The molecule has 6 heteroatoms. The second kappa shape index (κ2) is 9.40. The highest BCUT2D eigenvalue weighted by molar-refractivity contribution is 9.10. The van der Waals surface area contributed by atoms with Gasteiger partial charge in [-0.05, 0) is 62.9 Å². The first kappa shape index (κ1) is 22.6. The number of hydrogen-bond donors (Lipinski definition) is 1. The van der Waals surface area contributed by atoms with Gasteiger partial charge in [-0.3, -0.25) is 0 Å². The number of anilines is 1. The van der Waals surface area contributed by atoms with Gasteiger partial charge in [-0.15, -0.1) is 0 Å². The van der Waals surface area contributed by atoms with Gasteiger partial charge in [0.25, 0.3) is 0 Å². The number of ether oxygens (including phenoxy) is 2. The summed E-state index contributed by atoms with van der Waals surface area (Å²) in [5.41, 5.74) is 8.33. The first-order valence-corrected chi connectivity index (χ1v) is 11.1. The standard InChI is InChI=1S/C24H31BrN2O3/c1-23(2,3)30-22(28)27-11-9-24(10-12-27,19-7-5-4-6-8-19)17-29-16-18-13-20(25)15-21(26)14-18/h4-8,13-15H,9-12,16-17,26H2,1-3H3. The summed E-state index contributed by atoms with van der Waals surface area (Å²) in [7, 11) is 0. The predicted molar refractivity (Wildman–Crippen MR) is 123 cm³/mol. The van der Waals surface area contributed by atoms with Crippen molar-refractivity contribution in [3.05, 3.63) is 64.1 Å². The lowest BCUT2D eigenvalue weighted by Gasteiger charge is -2.42. The van der Waals surface area contributed by atoms with Crippen molar-refractivity contribution in [3.63, 3.8) is 0 Å². The molecule has 0 aliphatic carbocycles. The lowest BCUT2D eigenvalue weighted by atomic mass is 9.73. The largest absolute Gasteiger partial charge is 0.444 e. The lowest BCUT2D eigenvalue weighted by molar-refractivity contribution is 0.00334. The van der Waals surface area contributed by atoms with E-state index in [1.807, 2.05) is 45.0 Å². The number of carbonyl (C=O) groups is 1. The summed E-state index contributed by atoms with van der Waals surface area (Å²) in [5.74, 6) is 0. The third-order valence-corrected chi connectivity index (χ3v) is 5.84. The van der Waals surface area contributed by atoms with E-state index in [1.165, 1.54) is 5.56 Å². The molecule has 3 rings (SSSR count). The first-order valence-electron chi connectivity index (χ1n) is 10.3. The molecule has 1 aliphatic heterocycles. The van der Waals surface area contributed by atoms with Crippen LogP contribution in [0.15, 0.2) is 53.0 Å². The van der Waals surface area contributed by atoms with E-state index in [4.69, 9.17) is 15.2 Å². The van der Waals surface area contributed by atoms with Crippen molar-refractivity contribution in [1.29, 1.82) is 0 Å². The van der Waals surface area contributed by atoms with Gasteiger partial charge in [-0.1, -0.05) is 46.3 Å². The van der Waals surface area contributed by atoms with Crippen LogP contribution in [0.5, 0.6) is 0 Å². The van der Waals surface area contributed by atoms with Gasteiger partial charge < -0.3 is 20.1 Å². The highest BCUT2D eigenvalue weighted by atomic mass is 79.9. The molecule has 0 unspecified atom stereocenters. The van der Waals surface area contributed by atoms with E-state index >= 15 is 0 Å². The molecule has 30 heavy (non-hydrogen) atoms. The molecule has 0 bridgehead atoms. The Labute approximate surface area is 187 Å². The van der Waals surface area contributed by atoms with E-state index < -0.39 is 5.60 Å². The normalized spacial score (nSPS) is 16.3. The average molecular weight is 475 g/mol. The Morgan fingerprint density at radius 3 is 2.40 bits per heavy atom. The Morgan fingerprint density at radius 2 is 1.80 bits per heavy atom. The summed E-state index contributed by atoms with van der Waals surface area (Å²) in [6.07, 6.45) is 1.42. The van der Waals surface area contributed by atoms with E-state index in [2.05, 4.69) is 40.2 Å². The zero-order valence-electron chi connectivity index (χ0n) is 18.0. The summed E-state index contributed by atoms with van der Waals surface area (Å²) >= 11 is 3.48. The zero-order valence-corrected chi connectivity index (χ0v) is 19.6. The molecule has 0 radical (unpaired) electrons. The van der Waals surface area contributed by atoms with Gasteiger partial charge in [0, 0.05) is 28.7 Å². The molecule has 2 N–H and O–H groups in total. The summed E-state index contributed by atoms with van der Waals surface area (Å²) in [5, 5.41) is 0. The van der Waals surface area contributed by atoms with Crippen LogP contribution >= 0.6 is 15.9 Å². The topological polar surface area (TPSA) is 64.8 Å². The van der Waals surface area contributed by atoms with Gasteiger partial charge in [-0.25, -0.2) is 4.79 Å². The summed E-state index contributed by atoms with van der Waals surface area (Å²) in [6.45, 7) is 8.07. The molecule has 2 aromatic rings. The van der Waals surface area contributed by atoms with E-state index in [1.54, 1.807) is 4.90 Å². The molecule has 1 saturated heterocycles. The average Bonchev–Trinajstić information content (AvgIpc) is 2.67. The number of carbonyl (C=O) groups excluding carboxylic acids is 1. The van der Waals surface area contributed by atoms with Crippen molar-refractivity contribution in [2.45, 2.75) is 51.2 Å². The molecule has 0 spiro atoms. The number of hydrogen-bond acceptors (Lipinski definition) is 4. The molecule has 0 atom stereocenters. The third kappa shape index (κ3) is 5.99. The molecule has 2 aromatic carbocycles. The molecule has 0 saturated carbocycles. The number of amides is 1. The van der Waals surface area contributed by atoms with E-state index in [9.17, 15) is 4.79 Å². The molecule has 1 aliphatic rings. The zero-order chi connectivity index (χ0) is 21.8. The SMILES string of the molecule is CC(C)(C)OC(=O)N1CCC(COCc2cc(N)cc(Br)c2)(c2ccccc2)CC1. The highest BCUT2D eigenvalue weighted by Crippen LogP contribution is 2.36. The van der Waals surface area contributed by atoms with Crippen molar-refractivity contribution < 1.29 is 14.3 Å². The number of likely N-dealkylation sites (tertiary alicyclic amines) is 1. The van der Waals surface area contributed by atoms with Crippen LogP contribution in [0.3, 0.4) is 0 Å². The highest BCUT2D eigenvalue weighted by Gasteiger charge is 2.38. The molecular formula is C24H31BrN2O3. The van der Waals surface area contributed by atoms with Crippen LogP contribution in [0.2, 0.25) is 0 Å². The van der Waals surface area contributed by atoms with Crippen molar-refractivity contribution in [3.8, 4) is 0 Å². The smallest absolute Gasteiger partial charge is 0.410 e. The number of nitrogens with zero attached hydrogens (tertiary/aromatic N) is 1. The summed E-state index contributed by atoms with van der Waals surface area (Å²) in [4.78, 5) is 14.3. The Hall–Kier alpha value is -2.05. The van der Waals surface area contributed by atoms with Gasteiger partial charge >= 0.3 is 6.09 Å². The quantitative estimate of drug-likeness (QED) is 0.579. The van der Waals surface area contributed by atoms with Crippen LogP contribution in [-0.4, -0.2) is 36.3 Å².